The Morgan fingerprint density at radius 2 is 1.62 bits per heavy atom. The first-order valence-electron chi connectivity index (χ1n) is 6.88. The van der Waals surface area contributed by atoms with E-state index in [1.54, 1.807) is 6.92 Å². The van der Waals surface area contributed by atoms with Crippen molar-refractivity contribution < 1.29 is 16.8 Å². The van der Waals surface area contributed by atoms with Gasteiger partial charge in [0.1, 0.15) is 0 Å². The molecule has 1 aliphatic rings. The van der Waals surface area contributed by atoms with Crippen LogP contribution in [0.3, 0.4) is 0 Å². The summed E-state index contributed by atoms with van der Waals surface area (Å²) < 4.78 is 48.9. The van der Waals surface area contributed by atoms with Crippen molar-refractivity contribution in [3.8, 4) is 0 Å². The summed E-state index contributed by atoms with van der Waals surface area (Å²) in [7, 11) is -7.40. The summed E-state index contributed by atoms with van der Waals surface area (Å²) in [6, 6.07) is 5.02. The average molecular weight is 332 g/mol. The normalized spacial score (nSPS) is 16.9. The van der Waals surface area contributed by atoms with Crippen LogP contribution in [0.1, 0.15) is 26.2 Å². The molecule has 0 heterocycles. The number of nitrogens with zero attached hydrogens (tertiary/aromatic N) is 1. The highest BCUT2D eigenvalue weighted by Gasteiger charge is 2.28. The molecule has 0 saturated heterocycles. The molecular weight excluding hydrogens is 312 g/mol. The van der Waals surface area contributed by atoms with Gasteiger partial charge in [-0.2, -0.15) is 4.31 Å². The fraction of sp³-hybridized carbons (Fsp3) is 0.538. The SMILES string of the molecule is CCN(CC1CCC1)S(=O)(=O)c1ccc(S(N)(=O)=O)cc1. The van der Waals surface area contributed by atoms with Crippen molar-refractivity contribution in [1.82, 2.24) is 4.31 Å². The molecule has 1 aliphatic carbocycles. The van der Waals surface area contributed by atoms with Crippen LogP contribution >= 0.6 is 0 Å². The Morgan fingerprint density at radius 3 is 2.00 bits per heavy atom. The van der Waals surface area contributed by atoms with Gasteiger partial charge >= 0.3 is 0 Å². The average Bonchev–Trinajstić information content (AvgIpc) is 2.36. The summed E-state index contributed by atoms with van der Waals surface area (Å²) in [6.45, 7) is 2.72. The predicted octanol–water partition coefficient (Wildman–Crippen LogP) is 1.14. The van der Waals surface area contributed by atoms with Gasteiger partial charge in [-0.25, -0.2) is 22.0 Å². The molecule has 1 aromatic rings. The molecule has 118 valence electrons. The lowest BCUT2D eigenvalue weighted by Gasteiger charge is -2.31. The third-order valence-corrected chi connectivity index (χ3v) is 6.71. The number of nitrogens with two attached hydrogens (primary N) is 1. The molecule has 0 spiro atoms. The molecule has 21 heavy (non-hydrogen) atoms. The van der Waals surface area contributed by atoms with Crippen LogP contribution in [0.15, 0.2) is 34.1 Å². The summed E-state index contributed by atoms with van der Waals surface area (Å²) in [5.41, 5.74) is 0. The summed E-state index contributed by atoms with van der Waals surface area (Å²) in [5.74, 6) is 0.434. The first-order chi connectivity index (χ1) is 9.75. The van der Waals surface area contributed by atoms with Gasteiger partial charge in [-0.15, -0.1) is 0 Å². The number of rotatable bonds is 6. The maximum atomic E-state index is 12.5. The van der Waals surface area contributed by atoms with E-state index >= 15 is 0 Å². The molecule has 6 nitrogen and oxygen atoms in total. The monoisotopic (exact) mass is 332 g/mol. The second kappa shape index (κ2) is 6.04. The molecule has 0 aromatic heterocycles. The maximum absolute atomic E-state index is 12.5. The van der Waals surface area contributed by atoms with Crippen molar-refractivity contribution in [3.63, 3.8) is 0 Å². The third-order valence-electron chi connectivity index (χ3n) is 3.83. The van der Waals surface area contributed by atoms with Crippen LogP contribution in [-0.4, -0.2) is 34.2 Å². The Kier molecular flexibility index (Phi) is 4.72. The van der Waals surface area contributed by atoms with Gasteiger partial charge < -0.3 is 0 Å². The minimum atomic E-state index is -3.81. The number of hydrogen-bond acceptors (Lipinski definition) is 4. The van der Waals surface area contributed by atoms with Gasteiger partial charge in [0.2, 0.25) is 20.0 Å². The first kappa shape index (κ1) is 16.4. The lowest BCUT2D eigenvalue weighted by atomic mass is 9.85. The Balaban J connectivity index is 2.24. The highest BCUT2D eigenvalue weighted by molar-refractivity contribution is 7.89. The lowest BCUT2D eigenvalue weighted by molar-refractivity contribution is 0.250. The Bertz CT molecular complexity index is 692. The number of benzene rings is 1. The highest BCUT2D eigenvalue weighted by atomic mass is 32.2. The molecule has 1 saturated carbocycles. The number of sulfonamides is 2. The summed E-state index contributed by atoms with van der Waals surface area (Å²) in [6.07, 6.45) is 3.29. The largest absolute Gasteiger partial charge is 0.243 e. The van der Waals surface area contributed by atoms with E-state index in [-0.39, 0.29) is 9.79 Å². The van der Waals surface area contributed by atoms with Crippen LogP contribution in [0.25, 0.3) is 0 Å². The van der Waals surface area contributed by atoms with Crippen LogP contribution in [0.4, 0.5) is 0 Å². The van der Waals surface area contributed by atoms with Crippen molar-refractivity contribution in [1.29, 1.82) is 0 Å². The second-order valence-corrected chi connectivity index (χ2v) is 8.77. The standard InChI is InChI=1S/C13H20N2O4S2/c1-2-15(10-11-4-3-5-11)21(18,19)13-8-6-12(7-9-13)20(14,16)17/h6-9,11H,2-5,10H2,1H3,(H2,14,16,17). The van der Waals surface area contributed by atoms with Gasteiger partial charge in [0.05, 0.1) is 9.79 Å². The third kappa shape index (κ3) is 3.63. The number of hydrogen-bond donors (Lipinski definition) is 1. The molecule has 1 aromatic carbocycles. The molecule has 0 amide bonds. The van der Waals surface area contributed by atoms with Crippen LogP contribution in [0, 0.1) is 5.92 Å². The lowest BCUT2D eigenvalue weighted by Crippen LogP contribution is -2.37. The summed E-state index contributed by atoms with van der Waals surface area (Å²) in [4.78, 5) is -0.000403. The Morgan fingerprint density at radius 1 is 1.10 bits per heavy atom. The van der Waals surface area contributed by atoms with Crippen molar-refractivity contribution in [2.45, 2.75) is 36.0 Å². The van der Waals surface area contributed by atoms with Crippen LogP contribution in [0.2, 0.25) is 0 Å². The fourth-order valence-corrected chi connectivity index (χ4v) is 4.35. The molecule has 0 unspecified atom stereocenters. The topological polar surface area (TPSA) is 97.5 Å². The van der Waals surface area contributed by atoms with Crippen molar-refractivity contribution in [3.05, 3.63) is 24.3 Å². The molecule has 0 bridgehead atoms. The van der Waals surface area contributed by atoms with E-state index in [9.17, 15) is 16.8 Å². The van der Waals surface area contributed by atoms with E-state index in [1.165, 1.54) is 28.6 Å². The summed E-state index contributed by atoms with van der Waals surface area (Å²) >= 11 is 0. The molecule has 0 aliphatic heterocycles. The highest BCUT2D eigenvalue weighted by Crippen LogP contribution is 2.29. The van der Waals surface area contributed by atoms with Gasteiger partial charge in [-0.1, -0.05) is 13.3 Å². The van der Waals surface area contributed by atoms with Crippen molar-refractivity contribution in [2.24, 2.45) is 11.1 Å². The van der Waals surface area contributed by atoms with Gasteiger partial charge in [0.25, 0.3) is 0 Å². The zero-order valence-electron chi connectivity index (χ0n) is 11.9. The molecule has 2 rings (SSSR count). The maximum Gasteiger partial charge on any atom is 0.243 e. The zero-order valence-corrected chi connectivity index (χ0v) is 13.5. The minimum absolute atomic E-state index is 0.0936. The van der Waals surface area contributed by atoms with E-state index in [1.807, 2.05) is 0 Å². The van der Waals surface area contributed by atoms with E-state index in [0.717, 1.165) is 19.3 Å². The second-order valence-electron chi connectivity index (χ2n) is 5.27. The van der Waals surface area contributed by atoms with E-state index < -0.39 is 20.0 Å². The van der Waals surface area contributed by atoms with E-state index in [2.05, 4.69) is 0 Å². The minimum Gasteiger partial charge on any atom is -0.225 e. The van der Waals surface area contributed by atoms with E-state index in [4.69, 9.17) is 5.14 Å². The Hall–Kier alpha value is -0.960. The molecule has 0 radical (unpaired) electrons. The van der Waals surface area contributed by atoms with Crippen LogP contribution in [-0.2, 0) is 20.0 Å². The zero-order chi connectivity index (χ0) is 15.7. The first-order valence-corrected chi connectivity index (χ1v) is 9.87. The Labute approximate surface area is 126 Å². The van der Waals surface area contributed by atoms with Crippen molar-refractivity contribution >= 4 is 20.0 Å². The number of primary sulfonamides is 1. The molecular formula is C13H20N2O4S2. The quantitative estimate of drug-likeness (QED) is 0.845. The molecule has 2 N–H and O–H groups in total. The molecule has 0 atom stereocenters. The van der Waals surface area contributed by atoms with Gasteiger partial charge in [0, 0.05) is 13.1 Å². The van der Waals surface area contributed by atoms with Gasteiger partial charge in [0.15, 0.2) is 0 Å². The summed E-state index contributed by atoms with van der Waals surface area (Å²) in [5, 5.41) is 5.01. The predicted molar refractivity (Wildman–Crippen MR) is 79.6 cm³/mol. The van der Waals surface area contributed by atoms with Gasteiger partial charge in [-0.3, -0.25) is 0 Å². The van der Waals surface area contributed by atoms with E-state index in [0.29, 0.717) is 19.0 Å². The van der Waals surface area contributed by atoms with Crippen LogP contribution < -0.4 is 5.14 Å². The van der Waals surface area contributed by atoms with Crippen LogP contribution in [0.5, 0.6) is 0 Å². The molecule has 1 fully saturated rings. The smallest absolute Gasteiger partial charge is 0.225 e. The fourth-order valence-electron chi connectivity index (χ4n) is 2.31. The molecule has 8 heteroatoms. The van der Waals surface area contributed by atoms with Crippen molar-refractivity contribution in [2.75, 3.05) is 13.1 Å². The van der Waals surface area contributed by atoms with Gasteiger partial charge in [-0.05, 0) is 43.0 Å².